The molecule has 94 valence electrons. The van der Waals surface area contributed by atoms with E-state index in [2.05, 4.69) is 0 Å². The fraction of sp³-hybridized carbons (Fsp3) is 1.00. The van der Waals surface area contributed by atoms with Crippen LogP contribution in [0.3, 0.4) is 0 Å². The zero-order chi connectivity index (χ0) is 11.6. The van der Waals surface area contributed by atoms with Crippen LogP contribution >= 0.6 is 0 Å². The Labute approximate surface area is 98.4 Å². The number of rotatable bonds is 4. The molecule has 2 atom stereocenters. The smallest absolute Gasteiger partial charge is 0.0712 e. The molecule has 3 N–H and O–H groups in total. The Morgan fingerprint density at radius 1 is 1.44 bits per heavy atom. The third-order valence-corrected chi connectivity index (χ3v) is 4.77. The van der Waals surface area contributed by atoms with Gasteiger partial charge in [-0.05, 0) is 32.1 Å². The summed E-state index contributed by atoms with van der Waals surface area (Å²) >= 11 is 0. The van der Waals surface area contributed by atoms with Crippen molar-refractivity contribution in [3.63, 3.8) is 0 Å². The zero-order valence-corrected chi connectivity index (χ0v) is 10.4. The van der Waals surface area contributed by atoms with E-state index in [-0.39, 0.29) is 5.41 Å². The highest BCUT2D eigenvalue weighted by Crippen LogP contribution is 2.45. The van der Waals surface area contributed by atoms with E-state index in [0.29, 0.717) is 19.1 Å². The van der Waals surface area contributed by atoms with Gasteiger partial charge in [0, 0.05) is 18.6 Å². The molecule has 1 aliphatic carbocycles. The molecule has 2 rings (SSSR count). The van der Waals surface area contributed by atoms with Gasteiger partial charge in [0.1, 0.15) is 0 Å². The fourth-order valence-electron chi connectivity index (χ4n) is 3.13. The van der Waals surface area contributed by atoms with Gasteiger partial charge in [-0.2, -0.15) is 0 Å². The third kappa shape index (κ3) is 2.13. The highest BCUT2D eigenvalue weighted by atomic mass is 16.5. The summed E-state index contributed by atoms with van der Waals surface area (Å²) in [7, 11) is 0. The molecule has 0 radical (unpaired) electrons. The maximum Gasteiger partial charge on any atom is 0.0712 e. The van der Waals surface area contributed by atoms with Crippen molar-refractivity contribution in [2.75, 3.05) is 19.8 Å². The van der Waals surface area contributed by atoms with E-state index in [0.717, 1.165) is 25.9 Å². The molecule has 0 amide bonds. The monoisotopic (exact) mass is 227 g/mol. The van der Waals surface area contributed by atoms with Crippen molar-refractivity contribution in [3.8, 4) is 0 Å². The highest BCUT2D eigenvalue weighted by molar-refractivity contribution is 5.00. The average molecular weight is 227 g/mol. The molecule has 1 aliphatic heterocycles. The number of ether oxygens (including phenoxy) is 1. The Bertz CT molecular complexity index is 230. The van der Waals surface area contributed by atoms with Crippen molar-refractivity contribution in [2.24, 2.45) is 17.1 Å². The number of nitrogens with two attached hydrogens (primary N) is 1. The summed E-state index contributed by atoms with van der Waals surface area (Å²) in [6, 6.07) is 0. The molecule has 3 heteroatoms. The molecule has 0 spiro atoms. The van der Waals surface area contributed by atoms with Crippen LogP contribution in [0.5, 0.6) is 0 Å². The van der Waals surface area contributed by atoms with Gasteiger partial charge in [0.25, 0.3) is 0 Å². The summed E-state index contributed by atoms with van der Waals surface area (Å²) in [5.74, 6) is 0.709. The van der Waals surface area contributed by atoms with Gasteiger partial charge in [0.15, 0.2) is 0 Å². The van der Waals surface area contributed by atoms with Crippen molar-refractivity contribution >= 4 is 0 Å². The van der Waals surface area contributed by atoms with E-state index < -0.39 is 5.60 Å². The molecule has 0 aromatic carbocycles. The molecule has 2 unspecified atom stereocenters. The van der Waals surface area contributed by atoms with Crippen LogP contribution in [0.2, 0.25) is 0 Å². The average Bonchev–Trinajstić information content (AvgIpc) is 2.24. The molecule has 1 saturated heterocycles. The molecule has 0 aromatic heterocycles. The predicted molar refractivity (Wildman–Crippen MR) is 64.1 cm³/mol. The van der Waals surface area contributed by atoms with Crippen LogP contribution < -0.4 is 5.73 Å². The second-order valence-corrected chi connectivity index (χ2v) is 5.92. The van der Waals surface area contributed by atoms with E-state index in [1.54, 1.807) is 0 Å². The first-order chi connectivity index (χ1) is 7.60. The second kappa shape index (κ2) is 4.63. The molecule has 2 fully saturated rings. The predicted octanol–water partition coefficient (Wildman–Crippen LogP) is 1.68. The molecule has 3 nitrogen and oxygen atoms in total. The van der Waals surface area contributed by atoms with Gasteiger partial charge >= 0.3 is 0 Å². The van der Waals surface area contributed by atoms with Crippen molar-refractivity contribution in [3.05, 3.63) is 0 Å². The van der Waals surface area contributed by atoms with Gasteiger partial charge in [0.05, 0.1) is 12.2 Å². The maximum atomic E-state index is 10.8. The molecule has 0 aromatic rings. The van der Waals surface area contributed by atoms with Gasteiger partial charge in [-0.1, -0.05) is 19.3 Å². The molecular weight excluding hydrogens is 202 g/mol. The Morgan fingerprint density at radius 2 is 2.19 bits per heavy atom. The Kier molecular flexibility index (Phi) is 3.57. The lowest BCUT2D eigenvalue weighted by atomic mass is 9.64. The van der Waals surface area contributed by atoms with Gasteiger partial charge in [-0.3, -0.25) is 0 Å². The maximum absolute atomic E-state index is 10.8. The Hall–Kier alpha value is -0.120. The summed E-state index contributed by atoms with van der Waals surface area (Å²) in [5, 5.41) is 10.8. The van der Waals surface area contributed by atoms with Crippen LogP contribution in [0.25, 0.3) is 0 Å². The van der Waals surface area contributed by atoms with Crippen molar-refractivity contribution < 1.29 is 9.84 Å². The van der Waals surface area contributed by atoms with Crippen LogP contribution in [-0.2, 0) is 4.74 Å². The van der Waals surface area contributed by atoms with Crippen LogP contribution in [0.15, 0.2) is 0 Å². The van der Waals surface area contributed by atoms with Crippen LogP contribution in [0.1, 0.15) is 45.4 Å². The standard InChI is InChI=1S/C13H25NO2/c1-12(15,8-11-4-2-5-11)13(9-14)6-3-7-16-10-13/h11,15H,2-10,14H2,1H3. The summed E-state index contributed by atoms with van der Waals surface area (Å²) in [6.45, 7) is 3.95. The van der Waals surface area contributed by atoms with Gasteiger partial charge < -0.3 is 15.6 Å². The lowest BCUT2D eigenvalue weighted by molar-refractivity contribution is -0.146. The Morgan fingerprint density at radius 3 is 2.62 bits per heavy atom. The fourth-order valence-corrected chi connectivity index (χ4v) is 3.13. The van der Waals surface area contributed by atoms with E-state index >= 15 is 0 Å². The van der Waals surface area contributed by atoms with E-state index in [1.807, 2.05) is 6.92 Å². The number of aliphatic hydroxyl groups is 1. The van der Waals surface area contributed by atoms with Crippen LogP contribution in [-0.4, -0.2) is 30.5 Å². The van der Waals surface area contributed by atoms with Gasteiger partial charge in [-0.15, -0.1) is 0 Å². The van der Waals surface area contributed by atoms with Gasteiger partial charge in [-0.25, -0.2) is 0 Å². The zero-order valence-electron chi connectivity index (χ0n) is 10.4. The number of hydrogen-bond acceptors (Lipinski definition) is 3. The van der Waals surface area contributed by atoms with Crippen LogP contribution in [0.4, 0.5) is 0 Å². The largest absolute Gasteiger partial charge is 0.389 e. The van der Waals surface area contributed by atoms with Crippen molar-refractivity contribution in [1.29, 1.82) is 0 Å². The molecule has 1 saturated carbocycles. The van der Waals surface area contributed by atoms with E-state index in [4.69, 9.17) is 10.5 Å². The summed E-state index contributed by atoms with van der Waals surface area (Å²) in [6.07, 6.45) is 6.80. The minimum atomic E-state index is -0.659. The van der Waals surface area contributed by atoms with Crippen LogP contribution in [0, 0.1) is 11.3 Å². The summed E-state index contributed by atoms with van der Waals surface area (Å²) < 4.78 is 5.56. The topological polar surface area (TPSA) is 55.5 Å². The minimum absolute atomic E-state index is 0.208. The normalized spacial score (nSPS) is 35.4. The highest BCUT2D eigenvalue weighted by Gasteiger charge is 2.48. The lowest BCUT2D eigenvalue weighted by Crippen LogP contribution is -2.56. The molecule has 0 bridgehead atoms. The lowest BCUT2D eigenvalue weighted by Gasteiger charge is -2.49. The Balaban J connectivity index is 2.04. The first-order valence-electron chi connectivity index (χ1n) is 6.60. The molecule has 16 heavy (non-hydrogen) atoms. The van der Waals surface area contributed by atoms with E-state index in [1.165, 1.54) is 19.3 Å². The second-order valence-electron chi connectivity index (χ2n) is 5.92. The SMILES string of the molecule is CC(O)(CC1CCC1)C1(CN)CCCOC1. The van der Waals surface area contributed by atoms with E-state index in [9.17, 15) is 5.11 Å². The summed E-state index contributed by atoms with van der Waals surface area (Å²) in [5.41, 5.74) is 5.05. The van der Waals surface area contributed by atoms with Gasteiger partial charge in [0.2, 0.25) is 0 Å². The minimum Gasteiger partial charge on any atom is -0.389 e. The summed E-state index contributed by atoms with van der Waals surface area (Å²) in [4.78, 5) is 0. The molecular formula is C13H25NO2. The molecule has 2 aliphatic rings. The third-order valence-electron chi connectivity index (χ3n) is 4.77. The molecule has 1 heterocycles. The quantitative estimate of drug-likeness (QED) is 0.768. The number of hydrogen-bond donors (Lipinski definition) is 2. The first kappa shape index (κ1) is 12.3. The van der Waals surface area contributed by atoms with Crippen molar-refractivity contribution in [2.45, 2.75) is 51.0 Å². The van der Waals surface area contributed by atoms with Crippen molar-refractivity contribution in [1.82, 2.24) is 0 Å². The first-order valence-corrected chi connectivity index (χ1v) is 6.60.